The maximum atomic E-state index is 3.81. The first-order valence-corrected chi connectivity index (χ1v) is 5.34. The van der Waals surface area contributed by atoms with Gasteiger partial charge >= 0.3 is 0 Å². The van der Waals surface area contributed by atoms with E-state index in [4.69, 9.17) is 0 Å². The van der Waals surface area contributed by atoms with Gasteiger partial charge in [0.2, 0.25) is 0 Å². The number of nitrogens with one attached hydrogen (secondary N) is 1. The molecule has 0 aromatic rings. The summed E-state index contributed by atoms with van der Waals surface area (Å²) in [6, 6.07) is 1.68. The van der Waals surface area contributed by atoms with E-state index in [1.807, 2.05) is 0 Å². The van der Waals surface area contributed by atoms with Crippen molar-refractivity contribution in [3.63, 3.8) is 0 Å². The molecule has 2 fully saturated rings. The largest absolute Gasteiger partial charge is 0.310 e. The Morgan fingerprint density at radius 3 is 2.50 bits per heavy atom. The molecule has 2 saturated carbocycles. The van der Waals surface area contributed by atoms with Gasteiger partial charge in [-0.1, -0.05) is 12.2 Å². The molecule has 3 rings (SSSR count). The summed E-state index contributed by atoms with van der Waals surface area (Å²) in [5.41, 5.74) is 0. The van der Waals surface area contributed by atoms with E-state index in [1.165, 1.54) is 32.1 Å². The molecule has 0 radical (unpaired) electrons. The predicted octanol–water partition coefficient (Wildman–Crippen LogP) is 2.09. The molecule has 0 amide bonds. The molecular weight excluding hydrogens is 146 g/mol. The first kappa shape index (κ1) is 7.14. The Labute approximate surface area is 74.2 Å². The number of fused-ring (bicyclic) bond motifs is 1. The van der Waals surface area contributed by atoms with E-state index in [0.717, 1.165) is 23.9 Å². The van der Waals surface area contributed by atoms with Crippen molar-refractivity contribution in [1.29, 1.82) is 0 Å². The Kier molecular flexibility index (Phi) is 1.54. The van der Waals surface area contributed by atoms with E-state index in [-0.39, 0.29) is 0 Å². The van der Waals surface area contributed by atoms with Gasteiger partial charge in [0, 0.05) is 12.1 Å². The summed E-state index contributed by atoms with van der Waals surface area (Å²) in [5, 5.41) is 3.81. The Hall–Kier alpha value is -0.300. The van der Waals surface area contributed by atoms with Crippen molar-refractivity contribution < 1.29 is 0 Å². The molecule has 0 heterocycles. The van der Waals surface area contributed by atoms with Gasteiger partial charge in [-0.05, 0) is 43.9 Å². The third kappa shape index (κ3) is 1.11. The van der Waals surface area contributed by atoms with Crippen LogP contribution < -0.4 is 5.32 Å². The molecule has 0 spiro atoms. The molecule has 1 N–H and O–H groups in total. The number of hydrogen-bond acceptors (Lipinski definition) is 1. The van der Waals surface area contributed by atoms with Gasteiger partial charge in [0.15, 0.2) is 0 Å². The van der Waals surface area contributed by atoms with Crippen LogP contribution in [-0.4, -0.2) is 12.1 Å². The monoisotopic (exact) mass is 163 g/mol. The normalized spacial score (nSPS) is 45.2. The van der Waals surface area contributed by atoms with Gasteiger partial charge in [0.1, 0.15) is 0 Å². The second kappa shape index (κ2) is 2.59. The standard InChI is InChI=1S/C11H17N/c1-2-4-9(3-1)12-11-6-5-8-7-10(8)11/h1-2,8-12H,3-7H2/t8-,10+,11?/m0/s1. The fourth-order valence-corrected chi connectivity index (χ4v) is 2.97. The van der Waals surface area contributed by atoms with Crippen molar-refractivity contribution in [2.75, 3.05) is 0 Å². The highest BCUT2D eigenvalue weighted by Gasteiger charge is 2.48. The molecule has 1 heteroatoms. The molecule has 12 heavy (non-hydrogen) atoms. The second-order valence-corrected chi connectivity index (χ2v) is 4.65. The predicted molar refractivity (Wildman–Crippen MR) is 49.9 cm³/mol. The first-order valence-electron chi connectivity index (χ1n) is 5.34. The van der Waals surface area contributed by atoms with Gasteiger partial charge in [0.25, 0.3) is 0 Å². The average molecular weight is 163 g/mol. The molecule has 1 unspecified atom stereocenters. The van der Waals surface area contributed by atoms with Gasteiger partial charge in [-0.25, -0.2) is 0 Å². The van der Waals surface area contributed by atoms with Crippen LogP contribution in [0.5, 0.6) is 0 Å². The van der Waals surface area contributed by atoms with Crippen LogP contribution in [0.25, 0.3) is 0 Å². The third-order valence-electron chi connectivity index (χ3n) is 3.80. The van der Waals surface area contributed by atoms with Crippen LogP contribution in [0.15, 0.2) is 12.2 Å². The fourth-order valence-electron chi connectivity index (χ4n) is 2.97. The first-order chi connectivity index (χ1) is 5.93. The molecule has 0 saturated heterocycles. The van der Waals surface area contributed by atoms with Gasteiger partial charge in [0.05, 0.1) is 0 Å². The third-order valence-corrected chi connectivity index (χ3v) is 3.80. The lowest BCUT2D eigenvalue weighted by atomic mass is 10.1. The van der Waals surface area contributed by atoms with Crippen LogP contribution in [0, 0.1) is 11.8 Å². The molecule has 1 nitrogen and oxygen atoms in total. The zero-order valence-electron chi connectivity index (χ0n) is 7.50. The van der Waals surface area contributed by atoms with Gasteiger partial charge in [-0.3, -0.25) is 0 Å². The maximum Gasteiger partial charge on any atom is 0.0139 e. The topological polar surface area (TPSA) is 12.0 Å². The van der Waals surface area contributed by atoms with Crippen molar-refractivity contribution >= 4 is 0 Å². The van der Waals surface area contributed by atoms with Gasteiger partial charge in [-0.15, -0.1) is 0 Å². The van der Waals surface area contributed by atoms with E-state index in [2.05, 4.69) is 17.5 Å². The van der Waals surface area contributed by atoms with Crippen LogP contribution in [0.1, 0.15) is 32.1 Å². The van der Waals surface area contributed by atoms with Crippen molar-refractivity contribution in [3.05, 3.63) is 12.2 Å². The zero-order chi connectivity index (χ0) is 7.97. The molecule has 3 atom stereocenters. The SMILES string of the molecule is C1=CCC(NC2CC[C@H]3C[C@@H]23)C1. The van der Waals surface area contributed by atoms with Gasteiger partial charge < -0.3 is 5.32 Å². The molecule has 3 aliphatic carbocycles. The average Bonchev–Trinajstić information content (AvgIpc) is 2.54. The zero-order valence-corrected chi connectivity index (χ0v) is 7.50. The minimum Gasteiger partial charge on any atom is -0.310 e. The summed E-state index contributed by atoms with van der Waals surface area (Å²) in [6.45, 7) is 0. The smallest absolute Gasteiger partial charge is 0.0139 e. The van der Waals surface area contributed by atoms with Gasteiger partial charge in [-0.2, -0.15) is 0 Å². The van der Waals surface area contributed by atoms with Crippen molar-refractivity contribution in [2.45, 2.75) is 44.2 Å². The second-order valence-electron chi connectivity index (χ2n) is 4.65. The van der Waals surface area contributed by atoms with E-state index >= 15 is 0 Å². The lowest BCUT2D eigenvalue weighted by Gasteiger charge is -2.19. The van der Waals surface area contributed by atoms with Crippen molar-refractivity contribution in [1.82, 2.24) is 5.32 Å². The van der Waals surface area contributed by atoms with Crippen LogP contribution in [0.4, 0.5) is 0 Å². The van der Waals surface area contributed by atoms with Crippen LogP contribution in [0.3, 0.4) is 0 Å². The lowest BCUT2D eigenvalue weighted by Crippen LogP contribution is -2.36. The molecule has 0 bridgehead atoms. The summed E-state index contributed by atoms with van der Waals surface area (Å²) in [5.74, 6) is 2.20. The summed E-state index contributed by atoms with van der Waals surface area (Å²) < 4.78 is 0. The minimum atomic E-state index is 0.786. The molecular formula is C11H17N. The summed E-state index contributed by atoms with van der Waals surface area (Å²) in [7, 11) is 0. The highest BCUT2D eigenvalue weighted by atomic mass is 15.0. The Bertz CT molecular complexity index is 201. The van der Waals surface area contributed by atoms with Crippen LogP contribution >= 0.6 is 0 Å². The van der Waals surface area contributed by atoms with E-state index in [0.29, 0.717) is 0 Å². The summed E-state index contributed by atoms with van der Waals surface area (Å²) in [4.78, 5) is 0. The fraction of sp³-hybridized carbons (Fsp3) is 0.818. The quantitative estimate of drug-likeness (QED) is 0.615. The van der Waals surface area contributed by atoms with Crippen molar-refractivity contribution in [3.8, 4) is 0 Å². The molecule has 66 valence electrons. The number of hydrogen-bond donors (Lipinski definition) is 1. The Morgan fingerprint density at radius 1 is 1.08 bits per heavy atom. The Morgan fingerprint density at radius 2 is 1.92 bits per heavy atom. The molecule has 3 aliphatic rings. The summed E-state index contributed by atoms with van der Waals surface area (Å²) in [6.07, 6.45) is 11.7. The van der Waals surface area contributed by atoms with E-state index in [9.17, 15) is 0 Å². The minimum absolute atomic E-state index is 0.786. The highest BCUT2D eigenvalue weighted by molar-refractivity contribution is 5.05. The Balaban J connectivity index is 1.54. The van der Waals surface area contributed by atoms with E-state index < -0.39 is 0 Å². The highest BCUT2D eigenvalue weighted by Crippen LogP contribution is 2.51. The summed E-state index contributed by atoms with van der Waals surface area (Å²) >= 11 is 0. The maximum absolute atomic E-state index is 3.81. The molecule has 0 aromatic carbocycles. The van der Waals surface area contributed by atoms with Crippen LogP contribution in [-0.2, 0) is 0 Å². The van der Waals surface area contributed by atoms with Crippen molar-refractivity contribution in [2.24, 2.45) is 11.8 Å². The lowest BCUT2D eigenvalue weighted by molar-refractivity contribution is 0.411. The number of rotatable bonds is 2. The molecule has 0 aromatic heterocycles. The van der Waals surface area contributed by atoms with Crippen LogP contribution in [0.2, 0.25) is 0 Å². The van der Waals surface area contributed by atoms with E-state index in [1.54, 1.807) is 0 Å². The molecule has 0 aliphatic heterocycles.